The topological polar surface area (TPSA) is 51.4 Å². The van der Waals surface area contributed by atoms with Crippen LogP contribution in [0.15, 0.2) is 51.8 Å². The van der Waals surface area contributed by atoms with Crippen molar-refractivity contribution in [3.8, 4) is 0 Å². The quantitative estimate of drug-likeness (QED) is 0.720. The highest BCUT2D eigenvalue weighted by Crippen LogP contribution is 2.19. The third-order valence-electron chi connectivity index (χ3n) is 3.08. The second-order valence-electron chi connectivity index (χ2n) is 4.58. The molecule has 114 valence electrons. The van der Waals surface area contributed by atoms with E-state index in [0.29, 0.717) is 10.2 Å². The molecule has 22 heavy (non-hydrogen) atoms. The normalized spacial score (nSPS) is 13.0. The van der Waals surface area contributed by atoms with E-state index in [1.54, 1.807) is 17.7 Å². The van der Waals surface area contributed by atoms with Gasteiger partial charge in [-0.25, -0.2) is 8.78 Å². The van der Waals surface area contributed by atoms with Crippen LogP contribution in [0.25, 0.3) is 10.2 Å². The van der Waals surface area contributed by atoms with Crippen LogP contribution in [0.3, 0.4) is 0 Å². The van der Waals surface area contributed by atoms with Crippen LogP contribution in [0, 0.1) is 11.6 Å². The van der Waals surface area contributed by atoms with Crippen LogP contribution in [-0.2, 0) is 17.1 Å². The molecular formula is C14H10F2N2O2S2. The molecular weight excluding hydrogens is 330 g/mol. The van der Waals surface area contributed by atoms with Crippen LogP contribution in [0.4, 0.5) is 8.78 Å². The molecule has 4 nitrogen and oxygen atoms in total. The van der Waals surface area contributed by atoms with E-state index in [-0.39, 0.29) is 9.70 Å². The zero-order chi connectivity index (χ0) is 15.9. The summed E-state index contributed by atoms with van der Waals surface area (Å²) in [5.74, 6) is -0.927. The first-order valence-corrected chi connectivity index (χ1v) is 8.44. The minimum Gasteiger partial charge on any atom is -0.319 e. The number of hydrogen-bond donors (Lipinski definition) is 0. The van der Waals surface area contributed by atoms with Crippen LogP contribution in [0.5, 0.6) is 0 Å². The van der Waals surface area contributed by atoms with E-state index in [1.165, 1.54) is 12.1 Å². The lowest BCUT2D eigenvalue weighted by Crippen LogP contribution is -2.13. The number of rotatable bonds is 2. The van der Waals surface area contributed by atoms with Crippen molar-refractivity contribution < 1.29 is 17.2 Å². The number of thiazole rings is 1. The highest BCUT2D eigenvalue weighted by atomic mass is 32.2. The van der Waals surface area contributed by atoms with Crippen molar-refractivity contribution in [3.05, 3.63) is 58.9 Å². The van der Waals surface area contributed by atoms with Crippen LogP contribution < -0.4 is 4.80 Å². The molecule has 3 aromatic rings. The molecule has 3 rings (SSSR count). The van der Waals surface area contributed by atoms with Gasteiger partial charge in [-0.05, 0) is 42.5 Å². The molecule has 0 aliphatic heterocycles. The van der Waals surface area contributed by atoms with Gasteiger partial charge in [0.25, 0.3) is 10.0 Å². The maximum Gasteiger partial charge on any atom is 0.285 e. The summed E-state index contributed by atoms with van der Waals surface area (Å²) in [6.07, 6.45) is 0. The Balaban J connectivity index is 2.19. The Morgan fingerprint density at radius 2 is 1.68 bits per heavy atom. The predicted molar refractivity (Wildman–Crippen MR) is 79.9 cm³/mol. The number of aryl methyl sites for hydroxylation is 1. The summed E-state index contributed by atoms with van der Waals surface area (Å²) in [5, 5.41) is 0. The molecule has 2 aromatic carbocycles. The number of benzene rings is 2. The van der Waals surface area contributed by atoms with Gasteiger partial charge in [-0.2, -0.15) is 8.42 Å². The van der Waals surface area contributed by atoms with E-state index in [2.05, 4.69) is 4.40 Å². The van der Waals surface area contributed by atoms with E-state index in [0.717, 1.165) is 35.6 Å². The number of hydrogen-bond acceptors (Lipinski definition) is 3. The lowest BCUT2D eigenvalue weighted by Gasteiger charge is -1.98. The summed E-state index contributed by atoms with van der Waals surface area (Å²) < 4.78 is 56.5. The van der Waals surface area contributed by atoms with Gasteiger partial charge >= 0.3 is 0 Å². The summed E-state index contributed by atoms with van der Waals surface area (Å²) in [6.45, 7) is 0. The Bertz CT molecular complexity index is 1020. The predicted octanol–water partition coefficient (Wildman–Crippen LogP) is 2.81. The molecule has 0 atom stereocenters. The van der Waals surface area contributed by atoms with Crippen molar-refractivity contribution >= 4 is 31.6 Å². The Hall–Kier alpha value is -2.06. The van der Waals surface area contributed by atoms with Gasteiger partial charge in [-0.15, -0.1) is 4.40 Å². The fraction of sp³-hybridized carbons (Fsp3) is 0.0714. The van der Waals surface area contributed by atoms with Gasteiger partial charge in [0.05, 0.1) is 15.1 Å². The van der Waals surface area contributed by atoms with Gasteiger partial charge in [-0.3, -0.25) is 0 Å². The van der Waals surface area contributed by atoms with Gasteiger partial charge < -0.3 is 4.57 Å². The third-order valence-corrected chi connectivity index (χ3v) is 5.57. The van der Waals surface area contributed by atoms with Crippen molar-refractivity contribution in [1.82, 2.24) is 4.57 Å². The number of sulfonamides is 1. The summed E-state index contributed by atoms with van der Waals surface area (Å²) in [5.41, 5.74) is 0.680. The number of nitrogens with zero attached hydrogens (tertiary/aromatic N) is 2. The molecule has 1 aromatic heterocycles. The van der Waals surface area contributed by atoms with Gasteiger partial charge in [-0.1, -0.05) is 11.3 Å². The van der Waals surface area contributed by atoms with E-state index < -0.39 is 21.7 Å². The second-order valence-corrected chi connectivity index (χ2v) is 7.19. The first-order chi connectivity index (χ1) is 10.4. The van der Waals surface area contributed by atoms with E-state index in [4.69, 9.17) is 0 Å². The summed E-state index contributed by atoms with van der Waals surface area (Å²) in [6, 6.07) is 8.61. The van der Waals surface area contributed by atoms with Crippen molar-refractivity contribution in [2.24, 2.45) is 11.4 Å². The average molecular weight is 340 g/mol. The van der Waals surface area contributed by atoms with Crippen LogP contribution >= 0.6 is 11.3 Å². The molecule has 0 aliphatic rings. The molecule has 0 bridgehead atoms. The number of halogens is 2. The Morgan fingerprint density at radius 3 is 2.36 bits per heavy atom. The Labute approximate surface area is 129 Å². The van der Waals surface area contributed by atoms with E-state index in [1.807, 2.05) is 0 Å². The minimum absolute atomic E-state index is 0.0995. The van der Waals surface area contributed by atoms with Crippen LogP contribution in [0.2, 0.25) is 0 Å². The lowest BCUT2D eigenvalue weighted by atomic mass is 10.3. The summed E-state index contributed by atoms with van der Waals surface area (Å²) >= 11 is 1.07. The van der Waals surface area contributed by atoms with Crippen LogP contribution in [-0.4, -0.2) is 13.0 Å². The molecule has 0 amide bonds. The van der Waals surface area contributed by atoms with Crippen molar-refractivity contribution in [1.29, 1.82) is 0 Å². The third kappa shape index (κ3) is 2.67. The molecule has 0 saturated carbocycles. The highest BCUT2D eigenvalue weighted by Gasteiger charge is 2.14. The van der Waals surface area contributed by atoms with Crippen molar-refractivity contribution in [2.75, 3.05) is 0 Å². The maximum atomic E-state index is 13.2. The highest BCUT2D eigenvalue weighted by molar-refractivity contribution is 7.90. The fourth-order valence-electron chi connectivity index (χ4n) is 1.96. The molecule has 0 N–H and O–H groups in total. The Kier molecular flexibility index (Phi) is 3.57. The standard InChI is InChI=1S/C14H10F2N2O2S2/c1-18-12-7-4-10(16)8-13(12)21-14(18)17-22(19,20)11-5-2-9(15)3-6-11/h2-8H,1H3/b17-14-. The van der Waals surface area contributed by atoms with Gasteiger partial charge in [0.15, 0.2) is 0 Å². The zero-order valence-corrected chi connectivity index (χ0v) is 13.0. The Morgan fingerprint density at radius 1 is 1.05 bits per heavy atom. The van der Waals surface area contributed by atoms with E-state index in [9.17, 15) is 17.2 Å². The van der Waals surface area contributed by atoms with Crippen molar-refractivity contribution in [3.63, 3.8) is 0 Å². The molecule has 0 radical (unpaired) electrons. The molecule has 0 spiro atoms. The first kappa shape index (κ1) is 14.9. The molecule has 0 saturated heterocycles. The van der Waals surface area contributed by atoms with E-state index >= 15 is 0 Å². The molecule has 0 fully saturated rings. The smallest absolute Gasteiger partial charge is 0.285 e. The first-order valence-electron chi connectivity index (χ1n) is 6.18. The van der Waals surface area contributed by atoms with Gasteiger partial charge in [0.2, 0.25) is 4.80 Å². The summed E-state index contributed by atoms with van der Waals surface area (Å²) in [7, 11) is -2.31. The van der Waals surface area contributed by atoms with Crippen molar-refractivity contribution in [2.45, 2.75) is 4.90 Å². The monoisotopic (exact) mass is 340 g/mol. The van der Waals surface area contributed by atoms with Crippen LogP contribution in [0.1, 0.15) is 0 Å². The SMILES string of the molecule is Cn1/c(=N/S(=O)(=O)c2ccc(F)cc2)sc2cc(F)ccc21. The number of aromatic nitrogens is 1. The second kappa shape index (κ2) is 5.29. The largest absolute Gasteiger partial charge is 0.319 e. The zero-order valence-electron chi connectivity index (χ0n) is 11.3. The summed E-state index contributed by atoms with van der Waals surface area (Å²) in [4.78, 5) is 0.113. The molecule has 1 heterocycles. The van der Waals surface area contributed by atoms with Gasteiger partial charge in [0.1, 0.15) is 11.6 Å². The maximum absolute atomic E-state index is 13.2. The number of fused-ring (bicyclic) bond motifs is 1. The minimum atomic E-state index is -3.96. The molecule has 0 aliphatic carbocycles. The molecule has 8 heteroatoms. The lowest BCUT2D eigenvalue weighted by molar-refractivity contribution is 0.594. The average Bonchev–Trinajstić information content (AvgIpc) is 2.74. The fourth-order valence-corrected chi connectivity index (χ4v) is 4.23. The van der Waals surface area contributed by atoms with Gasteiger partial charge in [0, 0.05) is 7.05 Å². The molecule has 0 unspecified atom stereocenters.